The fourth-order valence-electron chi connectivity index (χ4n) is 2.96. The number of hydrogen-bond acceptors (Lipinski definition) is 5. The second-order valence-electron chi connectivity index (χ2n) is 6.99. The van der Waals surface area contributed by atoms with Crippen LogP contribution in [0.3, 0.4) is 0 Å². The van der Waals surface area contributed by atoms with Crippen LogP contribution in [0.1, 0.15) is 36.1 Å². The molecule has 1 saturated heterocycles. The maximum atomic E-state index is 6.17. The van der Waals surface area contributed by atoms with Crippen molar-refractivity contribution in [2.75, 3.05) is 19.8 Å². The van der Waals surface area contributed by atoms with Gasteiger partial charge in [0, 0.05) is 25.6 Å². The normalized spacial score (nSPS) is 16.4. The highest BCUT2D eigenvalue weighted by molar-refractivity contribution is 14.0. The van der Waals surface area contributed by atoms with Crippen molar-refractivity contribution in [2.24, 2.45) is 12.0 Å². The minimum absolute atomic E-state index is 0. The highest BCUT2D eigenvalue weighted by atomic mass is 127. The van der Waals surface area contributed by atoms with Crippen LogP contribution in [0.4, 0.5) is 0 Å². The van der Waals surface area contributed by atoms with E-state index in [-0.39, 0.29) is 30.1 Å². The number of halogens is 1. The molecule has 2 aromatic rings. The Morgan fingerprint density at radius 1 is 1.31 bits per heavy atom. The standard InChI is InChI=1S/C20H30N6O2.HI/c1-5-21-20(23-12-19-25-24-15(3)26(19)4)22-11-16-7-6-14(2)10-18(16)28-17-8-9-27-13-17;/h6-7,10,17H,5,8-9,11-13H2,1-4H3,(H2,21,22,23);1H. The second-order valence-corrected chi connectivity index (χ2v) is 6.99. The Bertz CT molecular complexity index is 817. The lowest BCUT2D eigenvalue weighted by molar-refractivity contribution is 0.140. The quantitative estimate of drug-likeness (QED) is 0.336. The Labute approximate surface area is 189 Å². The zero-order valence-corrected chi connectivity index (χ0v) is 19.9. The van der Waals surface area contributed by atoms with Gasteiger partial charge in [0.25, 0.3) is 0 Å². The molecule has 0 saturated carbocycles. The van der Waals surface area contributed by atoms with E-state index in [1.54, 1.807) is 0 Å². The molecule has 0 aliphatic carbocycles. The Kier molecular flexibility index (Phi) is 9.15. The van der Waals surface area contributed by atoms with Gasteiger partial charge in [0.2, 0.25) is 0 Å². The first-order valence-electron chi connectivity index (χ1n) is 9.77. The van der Waals surface area contributed by atoms with Gasteiger partial charge in [-0.05, 0) is 32.4 Å². The summed E-state index contributed by atoms with van der Waals surface area (Å²) >= 11 is 0. The molecule has 160 valence electrons. The van der Waals surface area contributed by atoms with E-state index in [0.717, 1.165) is 48.5 Å². The molecule has 2 N–H and O–H groups in total. The average molecular weight is 514 g/mol. The van der Waals surface area contributed by atoms with Crippen LogP contribution in [-0.2, 0) is 24.9 Å². The fourth-order valence-corrected chi connectivity index (χ4v) is 2.96. The lowest BCUT2D eigenvalue weighted by atomic mass is 10.1. The van der Waals surface area contributed by atoms with E-state index in [9.17, 15) is 0 Å². The summed E-state index contributed by atoms with van der Waals surface area (Å²) in [6.07, 6.45) is 1.05. The van der Waals surface area contributed by atoms with Gasteiger partial charge in [-0.1, -0.05) is 12.1 Å². The third kappa shape index (κ3) is 6.56. The van der Waals surface area contributed by atoms with Crippen LogP contribution in [0.2, 0.25) is 0 Å². The maximum Gasteiger partial charge on any atom is 0.191 e. The van der Waals surface area contributed by atoms with Gasteiger partial charge in [-0.2, -0.15) is 0 Å². The summed E-state index contributed by atoms with van der Waals surface area (Å²) in [6, 6.07) is 6.25. The Morgan fingerprint density at radius 3 is 2.79 bits per heavy atom. The van der Waals surface area contributed by atoms with Crippen molar-refractivity contribution < 1.29 is 9.47 Å². The highest BCUT2D eigenvalue weighted by Crippen LogP contribution is 2.24. The predicted octanol–water partition coefficient (Wildman–Crippen LogP) is 2.47. The Morgan fingerprint density at radius 2 is 2.14 bits per heavy atom. The molecule has 2 heterocycles. The highest BCUT2D eigenvalue weighted by Gasteiger charge is 2.18. The monoisotopic (exact) mass is 514 g/mol. The first-order chi connectivity index (χ1) is 13.6. The van der Waals surface area contributed by atoms with Crippen LogP contribution in [0, 0.1) is 13.8 Å². The number of ether oxygens (including phenoxy) is 2. The number of guanidine groups is 1. The molecule has 8 nitrogen and oxygen atoms in total. The van der Waals surface area contributed by atoms with Crippen LogP contribution < -0.4 is 15.4 Å². The molecular weight excluding hydrogens is 483 g/mol. The Balaban J connectivity index is 0.00000300. The topological polar surface area (TPSA) is 85.6 Å². The summed E-state index contributed by atoms with van der Waals surface area (Å²) in [5, 5.41) is 14.9. The third-order valence-electron chi connectivity index (χ3n) is 4.75. The number of nitrogens with one attached hydrogen (secondary N) is 2. The second kappa shape index (κ2) is 11.3. The maximum absolute atomic E-state index is 6.17. The molecule has 1 aliphatic heterocycles. The van der Waals surface area contributed by atoms with E-state index in [1.807, 2.05) is 25.5 Å². The number of aryl methyl sites for hydroxylation is 2. The van der Waals surface area contributed by atoms with Crippen molar-refractivity contribution in [1.82, 2.24) is 25.4 Å². The van der Waals surface area contributed by atoms with E-state index in [0.29, 0.717) is 19.7 Å². The molecule has 0 amide bonds. The molecule has 1 fully saturated rings. The van der Waals surface area contributed by atoms with Gasteiger partial charge in [0.15, 0.2) is 11.8 Å². The van der Waals surface area contributed by atoms with Crippen molar-refractivity contribution >= 4 is 29.9 Å². The summed E-state index contributed by atoms with van der Waals surface area (Å²) in [5.41, 5.74) is 2.23. The summed E-state index contributed by atoms with van der Waals surface area (Å²) in [4.78, 5) is 4.73. The van der Waals surface area contributed by atoms with Gasteiger partial charge in [-0.15, -0.1) is 34.2 Å². The molecule has 3 rings (SSSR count). The van der Waals surface area contributed by atoms with Crippen LogP contribution in [-0.4, -0.2) is 46.6 Å². The van der Waals surface area contributed by atoms with E-state index in [2.05, 4.69) is 46.0 Å². The fraction of sp³-hybridized carbons (Fsp3) is 0.550. The molecule has 1 aromatic carbocycles. The smallest absolute Gasteiger partial charge is 0.191 e. The molecule has 29 heavy (non-hydrogen) atoms. The first kappa shape index (κ1) is 23.4. The molecule has 0 spiro atoms. The number of hydrogen-bond donors (Lipinski definition) is 2. The summed E-state index contributed by atoms with van der Waals surface area (Å²) in [6.45, 7) is 9.32. The molecule has 1 atom stereocenters. The third-order valence-corrected chi connectivity index (χ3v) is 4.75. The molecule has 9 heteroatoms. The van der Waals surface area contributed by atoms with E-state index < -0.39 is 0 Å². The number of benzene rings is 1. The number of rotatable bonds is 7. The summed E-state index contributed by atoms with van der Waals surface area (Å²) in [5.74, 6) is 3.37. The zero-order chi connectivity index (χ0) is 19.9. The lowest BCUT2D eigenvalue weighted by Crippen LogP contribution is -2.37. The van der Waals surface area contributed by atoms with Crippen molar-refractivity contribution in [3.63, 3.8) is 0 Å². The van der Waals surface area contributed by atoms with E-state index in [4.69, 9.17) is 14.5 Å². The van der Waals surface area contributed by atoms with Crippen LogP contribution in [0.25, 0.3) is 0 Å². The summed E-state index contributed by atoms with van der Waals surface area (Å²) in [7, 11) is 1.96. The molecule has 0 radical (unpaired) electrons. The summed E-state index contributed by atoms with van der Waals surface area (Å²) < 4.78 is 13.6. The van der Waals surface area contributed by atoms with Crippen molar-refractivity contribution in [1.29, 1.82) is 0 Å². The largest absolute Gasteiger partial charge is 0.488 e. The number of aromatic nitrogens is 3. The lowest BCUT2D eigenvalue weighted by Gasteiger charge is -2.16. The van der Waals surface area contributed by atoms with Crippen LogP contribution in [0.15, 0.2) is 23.2 Å². The van der Waals surface area contributed by atoms with Gasteiger partial charge >= 0.3 is 0 Å². The molecule has 0 bridgehead atoms. The van der Waals surface area contributed by atoms with Crippen LogP contribution >= 0.6 is 24.0 Å². The average Bonchev–Trinajstić information content (AvgIpc) is 3.30. The zero-order valence-electron chi connectivity index (χ0n) is 17.6. The van der Waals surface area contributed by atoms with Gasteiger partial charge in [-0.3, -0.25) is 0 Å². The van der Waals surface area contributed by atoms with E-state index in [1.165, 1.54) is 5.56 Å². The first-order valence-corrected chi connectivity index (χ1v) is 9.77. The Hall–Kier alpha value is -1.88. The molecule has 1 aromatic heterocycles. The van der Waals surface area contributed by atoms with Crippen molar-refractivity contribution in [3.05, 3.63) is 41.0 Å². The SMILES string of the molecule is CCNC(=NCc1ccc(C)cc1OC1CCOC1)NCc1nnc(C)n1C.I. The molecule has 1 unspecified atom stereocenters. The van der Waals surface area contributed by atoms with Gasteiger partial charge in [0.1, 0.15) is 17.7 Å². The van der Waals surface area contributed by atoms with Gasteiger partial charge in [0.05, 0.1) is 26.3 Å². The van der Waals surface area contributed by atoms with Crippen molar-refractivity contribution in [2.45, 2.75) is 46.4 Å². The minimum Gasteiger partial charge on any atom is -0.488 e. The number of nitrogens with zero attached hydrogens (tertiary/aromatic N) is 4. The predicted molar refractivity (Wildman–Crippen MR) is 124 cm³/mol. The van der Waals surface area contributed by atoms with Crippen LogP contribution in [0.5, 0.6) is 5.75 Å². The minimum atomic E-state index is 0. The number of aliphatic imine (C=N–C) groups is 1. The van der Waals surface area contributed by atoms with Crippen molar-refractivity contribution in [3.8, 4) is 5.75 Å². The van der Waals surface area contributed by atoms with Gasteiger partial charge in [-0.25, -0.2) is 4.99 Å². The van der Waals surface area contributed by atoms with Gasteiger partial charge < -0.3 is 24.7 Å². The molecular formula is C20H31IN6O2. The van der Waals surface area contributed by atoms with E-state index >= 15 is 0 Å². The molecule has 1 aliphatic rings.